The van der Waals surface area contributed by atoms with E-state index in [4.69, 9.17) is 0 Å². The molecule has 3 nitrogen and oxygen atoms in total. The molecule has 0 radical (unpaired) electrons. The van der Waals surface area contributed by atoms with E-state index in [-0.39, 0.29) is 5.91 Å². The summed E-state index contributed by atoms with van der Waals surface area (Å²) in [5.41, 5.74) is 2.49. The molecule has 0 aliphatic heterocycles. The molecule has 0 spiro atoms. The second kappa shape index (κ2) is 4.81. The van der Waals surface area contributed by atoms with Gasteiger partial charge in [-0.05, 0) is 35.7 Å². The summed E-state index contributed by atoms with van der Waals surface area (Å²) >= 11 is 1.56. The van der Waals surface area contributed by atoms with Crippen LogP contribution in [0.1, 0.15) is 10.4 Å². The van der Waals surface area contributed by atoms with E-state index in [0.717, 1.165) is 11.4 Å². The Balaban J connectivity index is 2.09. The second-order valence-corrected chi connectivity index (χ2v) is 4.07. The Kier molecular flexibility index (Phi) is 3.22. The van der Waals surface area contributed by atoms with E-state index < -0.39 is 0 Å². The molecule has 4 heteroatoms. The Labute approximate surface area is 98.1 Å². The fraction of sp³-hybridized carbons (Fsp3) is 0.0833. The van der Waals surface area contributed by atoms with Gasteiger partial charge in [0.25, 0.3) is 5.91 Å². The van der Waals surface area contributed by atoms with Gasteiger partial charge < -0.3 is 10.6 Å². The van der Waals surface area contributed by atoms with Gasteiger partial charge in [-0.1, -0.05) is 0 Å². The van der Waals surface area contributed by atoms with Crippen LogP contribution in [0.4, 0.5) is 11.4 Å². The first-order valence-electron chi connectivity index (χ1n) is 4.91. The summed E-state index contributed by atoms with van der Waals surface area (Å²) in [6, 6.07) is 9.23. The van der Waals surface area contributed by atoms with Gasteiger partial charge in [-0.15, -0.1) is 0 Å². The van der Waals surface area contributed by atoms with Gasteiger partial charge in [0, 0.05) is 23.7 Å². The molecule has 0 saturated carbocycles. The highest BCUT2D eigenvalue weighted by Gasteiger charge is 2.05. The van der Waals surface area contributed by atoms with E-state index in [2.05, 4.69) is 10.6 Å². The molecule has 2 aromatic rings. The number of thiophene rings is 1. The van der Waals surface area contributed by atoms with Crippen molar-refractivity contribution in [2.75, 3.05) is 17.7 Å². The Morgan fingerprint density at radius 1 is 1.12 bits per heavy atom. The van der Waals surface area contributed by atoms with Crippen molar-refractivity contribution in [3.63, 3.8) is 0 Å². The summed E-state index contributed by atoms with van der Waals surface area (Å²) in [5, 5.41) is 9.67. The molecule has 0 fully saturated rings. The zero-order valence-corrected chi connectivity index (χ0v) is 9.67. The maximum atomic E-state index is 11.8. The maximum absolute atomic E-state index is 11.8. The third kappa shape index (κ3) is 2.41. The van der Waals surface area contributed by atoms with Crippen LogP contribution in [0.15, 0.2) is 41.1 Å². The lowest BCUT2D eigenvalue weighted by Gasteiger charge is -2.04. The highest BCUT2D eigenvalue weighted by Crippen LogP contribution is 2.14. The van der Waals surface area contributed by atoms with Crippen LogP contribution in [0, 0.1) is 0 Å². The summed E-state index contributed by atoms with van der Waals surface area (Å²) in [4.78, 5) is 11.8. The normalized spacial score (nSPS) is 9.81. The van der Waals surface area contributed by atoms with E-state index in [9.17, 15) is 4.79 Å². The summed E-state index contributed by atoms with van der Waals surface area (Å²) in [6.45, 7) is 0. The van der Waals surface area contributed by atoms with Gasteiger partial charge >= 0.3 is 0 Å². The fourth-order valence-electron chi connectivity index (χ4n) is 1.33. The summed E-state index contributed by atoms with van der Waals surface area (Å²) < 4.78 is 0. The topological polar surface area (TPSA) is 41.1 Å². The van der Waals surface area contributed by atoms with Gasteiger partial charge in [0.05, 0.1) is 5.69 Å². The molecule has 0 aliphatic rings. The minimum atomic E-state index is -0.0824. The van der Waals surface area contributed by atoms with Crippen molar-refractivity contribution in [3.8, 4) is 0 Å². The maximum Gasteiger partial charge on any atom is 0.255 e. The van der Waals surface area contributed by atoms with Crippen LogP contribution in [0.25, 0.3) is 0 Å². The first kappa shape index (κ1) is 10.7. The van der Waals surface area contributed by atoms with Crippen LogP contribution in [-0.2, 0) is 0 Å². The van der Waals surface area contributed by atoms with Crippen LogP contribution < -0.4 is 10.6 Å². The van der Waals surface area contributed by atoms with Crippen molar-refractivity contribution in [3.05, 3.63) is 46.7 Å². The van der Waals surface area contributed by atoms with Crippen molar-refractivity contribution in [2.45, 2.75) is 0 Å². The van der Waals surface area contributed by atoms with E-state index in [0.29, 0.717) is 5.56 Å². The average Bonchev–Trinajstić information content (AvgIpc) is 2.82. The van der Waals surface area contributed by atoms with Gasteiger partial charge in [0.15, 0.2) is 0 Å². The van der Waals surface area contributed by atoms with Crippen LogP contribution in [-0.4, -0.2) is 13.0 Å². The van der Waals surface area contributed by atoms with Crippen LogP contribution in [0.5, 0.6) is 0 Å². The molecule has 0 bridgehead atoms. The van der Waals surface area contributed by atoms with Crippen molar-refractivity contribution in [1.29, 1.82) is 0 Å². The zero-order chi connectivity index (χ0) is 11.4. The Morgan fingerprint density at radius 2 is 1.88 bits per heavy atom. The lowest BCUT2D eigenvalue weighted by Crippen LogP contribution is -2.11. The lowest BCUT2D eigenvalue weighted by atomic mass is 10.2. The van der Waals surface area contributed by atoms with Gasteiger partial charge in [0.2, 0.25) is 0 Å². The molecule has 2 rings (SSSR count). The van der Waals surface area contributed by atoms with E-state index >= 15 is 0 Å². The van der Waals surface area contributed by atoms with E-state index in [1.54, 1.807) is 23.5 Å². The Bertz CT molecular complexity index is 462. The molecular formula is C12H12N2OS. The molecule has 16 heavy (non-hydrogen) atoms. The number of anilines is 2. The quantitative estimate of drug-likeness (QED) is 0.854. The predicted molar refractivity (Wildman–Crippen MR) is 68.3 cm³/mol. The van der Waals surface area contributed by atoms with Crippen molar-refractivity contribution >= 4 is 28.6 Å². The molecule has 1 heterocycles. The third-order valence-corrected chi connectivity index (χ3v) is 2.90. The number of amides is 1. The van der Waals surface area contributed by atoms with Gasteiger partial charge in [0.1, 0.15) is 0 Å². The molecule has 2 N–H and O–H groups in total. The van der Waals surface area contributed by atoms with Gasteiger partial charge in [-0.25, -0.2) is 0 Å². The molecule has 82 valence electrons. The molecular weight excluding hydrogens is 220 g/mol. The zero-order valence-electron chi connectivity index (χ0n) is 8.86. The second-order valence-electron chi connectivity index (χ2n) is 3.29. The third-order valence-electron chi connectivity index (χ3n) is 2.21. The average molecular weight is 232 g/mol. The van der Waals surface area contributed by atoms with Gasteiger partial charge in [-0.2, -0.15) is 11.3 Å². The lowest BCUT2D eigenvalue weighted by molar-refractivity contribution is 0.102. The van der Waals surface area contributed by atoms with Gasteiger partial charge in [-0.3, -0.25) is 4.79 Å². The fourth-order valence-corrected chi connectivity index (χ4v) is 1.91. The van der Waals surface area contributed by atoms with Crippen LogP contribution >= 0.6 is 11.3 Å². The number of hydrogen-bond donors (Lipinski definition) is 2. The molecule has 0 atom stereocenters. The predicted octanol–water partition coefficient (Wildman–Crippen LogP) is 3.04. The van der Waals surface area contributed by atoms with Crippen molar-refractivity contribution < 1.29 is 4.79 Å². The number of carbonyl (C=O) groups excluding carboxylic acids is 1. The molecule has 0 saturated heterocycles. The SMILES string of the molecule is CNc1ccc(C(=O)Nc2ccsc2)cc1. The first-order chi connectivity index (χ1) is 7.79. The summed E-state index contributed by atoms with van der Waals surface area (Å²) in [7, 11) is 1.85. The largest absolute Gasteiger partial charge is 0.388 e. The van der Waals surface area contributed by atoms with E-state index in [1.165, 1.54) is 0 Å². The monoisotopic (exact) mass is 232 g/mol. The minimum Gasteiger partial charge on any atom is -0.388 e. The molecule has 1 amide bonds. The molecule has 0 aliphatic carbocycles. The smallest absolute Gasteiger partial charge is 0.255 e. The minimum absolute atomic E-state index is 0.0824. The number of carbonyl (C=O) groups is 1. The number of benzene rings is 1. The summed E-state index contributed by atoms with van der Waals surface area (Å²) in [6.07, 6.45) is 0. The number of nitrogens with one attached hydrogen (secondary N) is 2. The van der Waals surface area contributed by atoms with Crippen LogP contribution in [0.3, 0.4) is 0 Å². The Morgan fingerprint density at radius 3 is 2.44 bits per heavy atom. The van der Waals surface area contributed by atoms with Crippen molar-refractivity contribution in [2.24, 2.45) is 0 Å². The highest BCUT2D eigenvalue weighted by atomic mass is 32.1. The molecule has 0 unspecified atom stereocenters. The first-order valence-corrected chi connectivity index (χ1v) is 5.85. The molecule has 1 aromatic heterocycles. The molecule has 1 aromatic carbocycles. The van der Waals surface area contributed by atoms with E-state index in [1.807, 2.05) is 36.0 Å². The van der Waals surface area contributed by atoms with Crippen molar-refractivity contribution in [1.82, 2.24) is 0 Å². The summed E-state index contributed by atoms with van der Waals surface area (Å²) in [5.74, 6) is -0.0824. The standard InChI is InChI=1S/C12H12N2OS/c1-13-10-4-2-9(3-5-10)12(15)14-11-6-7-16-8-11/h2-8,13H,1H3,(H,14,15). The number of rotatable bonds is 3. The Hall–Kier alpha value is -1.81. The van der Waals surface area contributed by atoms with Crippen LogP contribution in [0.2, 0.25) is 0 Å². The number of hydrogen-bond acceptors (Lipinski definition) is 3. The highest BCUT2D eigenvalue weighted by molar-refractivity contribution is 7.08.